The summed E-state index contributed by atoms with van der Waals surface area (Å²) in [6.07, 6.45) is 2.25. The topological polar surface area (TPSA) is 74.5 Å². The summed E-state index contributed by atoms with van der Waals surface area (Å²) in [6, 6.07) is 7.86. The molecule has 2 aromatic rings. The van der Waals surface area contributed by atoms with Gasteiger partial charge in [-0.15, -0.1) is 10.2 Å². The zero-order valence-corrected chi connectivity index (χ0v) is 15.3. The molecule has 0 unspecified atom stereocenters. The lowest BCUT2D eigenvalue weighted by Gasteiger charge is -2.33. The van der Waals surface area contributed by atoms with Crippen LogP contribution in [-0.2, 0) is 11.3 Å². The maximum absolute atomic E-state index is 11.9. The molecule has 1 N–H and O–H groups in total. The second kappa shape index (κ2) is 7.73. The zero-order valence-electron chi connectivity index (χ0n) is 14.5. The molecular formula is C18H22ClN5O2. The molecule has 1 aromatic carbocycles. The number of nitrogens with zero attached hydrogens (tertiary/aromatic N) is 4. The van der Waals surface area contributed by atoms with Crippen molar-refractivity contribution in [2.24, 2.45) is 0 Å². The number of nitrogens with one attached hydrogen (secondary N) is 1. The zero-order chi connectivity index (χ0) is 17.9. The maximum atomic E-state index is 11.9. The van der Waals surface area contributed by atoms with Crippen LogP contribution in [0.3, 0.4) is 0 Å². The number of hydrogen-bond donors (Lipinski definition) is 1. The Hall–Kier alpha value is -1.96. The average Bonchev–Trinajstić information content (AvgIpc) is 3.32. The fourth-order valence-electron chi connectivity index (χ4n) is 3.06. The third-order valence-corrected chi connectivity index (χ3v) is 5.03. The third kappa shape index (κ3) is 4.41. The van der Waals surface area contributed by atoms with Gasteiger partial charge in [0.25, 0.3) is 0 Å². The molecule has 1 aromatic heterocycles. The van der Waals surface area contributed by atoms with Crippen LogP contribution in [0.15, 0.2) is 28.7 Å². The smallest absolute Gasteiger partial charge is 0.249 e. The van der Waals surface area contributed by atoms with E-state index in [1.165, 1.54) is 0 Å². The van der Waals surface area contributed by atoms with E-state index in [0.717, 1.165) is 44.6 Å². The molecule has 0 spiro atoms. The van der Waals surface area contributed by atoms with Gasteiger partial charge >= 0.3 is 0 Å². The summed E-state index contributed by atoms with van der Waals surface area (Å²) in [4.78, 5) is 16.3. The van der Waals surface area contributed by atoms with Crippen LogP contribution in [-0.4, -0.2) is 64.7 Å². The standard InChI is InChI=1S/C18H22ClN5O2/c19-15-4-2-1-3-14(15)18-22-21-17(26-18)12-24-9-7-23(8-10-24)11-16(25)20-13-5-6-13/h1-4,13H,5-12H2,(H,20,25). The molecule has 0 radical (unpaired) electrons. The molecule has 138 valence electrons. The number of carbonyl (C=O) groups is 1. The average molecular weight is 376 g/mol. The van der Waals surface area contributed by atoms with Gasteiger partial charge in [0.15, 0.2) is 0 Å². The number of aromatic nitrogens is 2. The van der Waals surface area contributed by atoms with Gasteiger partial charge in [-0.25, -0.2) is 0 Å². The Morgan fingerprint density at radius 3 is 2.62 bits per heavy atom. The van der Waals surface area contributed by atoms with E-state index < -0.39 is 0 Å². The fourth-order valence-corrected chi connectivity index (χ4v) is 3.28. The Bertz CT molecular complexity index is 768. The number of benzene rings is 1. The van der Waals surface area contributed by atoms with Gasteiger partial charge in [0, 0.05) is 32.2 Å². The molecule has 26 heavy (non-hydrogen) atoms. The van der Waals surface area contributed by atoms with Crippen LogP contribution in [0, 0.1) is 0 Å². The lowest BCUT2D eigenvalue weighted by molar-refractivity contribution is -0.122. The molecule has 2 fully saturated rings. The Morgan fingerprint density at radius 2 is 1.88 bits per heavy atom. The largest absolute Gasteiger partial charge is 0.419 e. The van der Waals surface area contributed by atoms with Crippen LogP contribution in [0.4, 0.5) is 0 Å². The van der Waals surface area contributed by atoms with Crippen LogP contribution in [0.25, 0.3) is 11.5 Å². The fraction of sp³-hybridized carbons (Fsp3) is 0.500. The first kappa shape index (κ1) is 17.5. The molecule has 2 aliphatic rings. The predicted octanol–water partition coefficient (Wildman–Crippen LogP) is 1.79. The van der Waals surface area contributed by atoms with Gasteiger partial charge in [0.2, 0.25) is 17.7 Å². The van der Waals surface area contributed by atoms with Gasteiger partial charge in [0.1, 0.15) is 0 Å². The first-order chi connectivity index (χ1) is 12.7. The molecule has 1 aliphatic heterocycles. The van der Waals surface area contributed by atoms with Crippen molar-refractivity contribution < 1.29 is 9.21 Å². The summed E-state index contributed by atoms with van der Waals surface area (Å²) in [7, 11) is 0. The SMILES string of the molecule is O=C(CN1CCN(Cc2nnc(-c3ccccc3Cl)o2)CC1)NC1CC1. The summed E-state index contributed by atoms with van der Waals surface area (Å²) >= 11 is 6.18. The van der Waals surface area contributed by atoms with Gasteiger partial charge in [-0.2, -0.15) is 0 Å². The van der Waals surface area contributed by atoms with E-state index in [1.807, 2.05) is 18.2 Å². The summed E-state index contributed by atoms with van der Waals surface area (Å²) in [6.45, 7) is 4.58. The normalized spacial score (nSPS) is 18.8. The number of amides is 1. The highest BCUT2D eigenvalue weighted by atomic mass is 35.5. The molecule has 8 heteroatoms. The lowest BCUT2D eigenvalue weighted by atomic mass is 10.2. The molecule has 1 aliphatic carbocycles. The van der Waals surface area contributed by atoms with Crippen LogP contribution in [0.1, 0.15) is 18.7 Å². The summed E-state index contributed by atoms with van der Waals surface area (Å²) < 4.78 is 5.77. The highest BCUT2D eigenvalue weighted by Crippen LogP contribution is 2.26. The van der Waals surface area contributed by atoms with Gasteiger partial charge in [0.05, 0.1) is 23.7 Å². The summed E-state index contributed by atoms with van der Waals surface area (Å²) in [5.41, 5.74) is 0.749. The van der Waals surface area contributed by atoms with Crippen molar-refractivity contribution in [3.8, 4) is 11.5 Å². The van der Waals surface area contributed by atoms with Crippen molar-refractivity contribution >= 4 is 17.5 Å². The van der Waals surface area contributed by atoms with Crippen molar-refractivity contribution in [1.82, 2.24) is 25.3 Å². The number of carbonyl (C=O) groups excluding carboxylic acids is 1. The second-order valence-electron chi connectivity index (χ2n) is 6.87. The second-order valence-corrected chi connectivity index (χ2v) is 7.28. The number of piperazine rings is 1. The van der Waals surface area contributed by atoms with Crippen LogP contribution >= 0.6 is 11.6 Å². The lowest BCUT2D eigenvalue weighted by Crippen LogP contribution is -2.49. The van der Waals surface area contributed by atoms with Gasteiger partial charge < -0.3 is 9.73 Å². The minimum Gasteiger partial charge on any atom is -0.419 e. The Kier molecular flexibility index (Phi) is 5.19. The highest BCUT2D eigenvalue weighted by molar-refractivity contribution is 6.33. The predicted molar refractivity (Wildman–Crippen MR) is 97.6 cm³/mol. The van der Waals surface area contributed by atoms with Gasteiger partial charge in [-0.3, -0.25) is 14.6 Å². The van der Waals surface area contributed by atoms with Gasteiger partial charge in [-0.05, 0) is 25.0 Å². The van der Waals surface area contributed by atoms with E-state index in [0.29, 0.717) is 35.9 Å². The van der Waals surface area contributed by atoms with Crippen LogP contribution in [0.5, 0.6) is 0 Å². The monoisotopic (exact) mass is 375 g/mol. The molecule has 7 nitrogen and oxygen atoms in total. The molecule has 1 saturated carbocycles. The van der Waals surface area contributed by atoms with E-state index in [9.17, 15) is 4.79 Å². The summed E-state index contributed by atoms with van der Waals surface area (Å²) in [5, 5.41) is 11.9. The van der Waals surface area contributed by atoms with E-state index >= 15 is 0 Å². The molecule has 1 amide bonds. The van der Waals surface area contributed by atoms with Crippen molar-refractivity contribution in [3.05, 3.63) is 35.2 Å². The molecule has 0 bridgehead atoms. The Morgan fingerprint density at radius 1 is 1.15 bits per heavy atom. The van der Waals surface area contributed by atoms with Crippen LogP contribution in [0.2, 0.25) is 5.02 Å². The molecule has 4 rings (SSSR count). The number of halogens is 1. The first-order valence-corrected chi connectivity index (χ1v) is 9.36. The Labute approximate surface area is 157 Å². The van der Waals surface area contributed by atoms with Crippen molar-refractivity contribution in [2.75, 3.05) is 32.7 Å². The van der Waals surface area contributed by atoms with E-state index in [2.05, 4.69) is 25.3 Å². The number of hydrogen-bond acceptors (Lipinski definition) is 6. The highest BCUT2D eigenvalue weighted by Gasteiger charge is 2.25. The summed E-state index contributed by atoms with van der Waals surface area (Å²) in [5.74, 6) is 1.17. The van der Waals surface area contributed by atoms with E-state index in [1.54, 1.807) is 6.07 Å². The van der Waals surface area contributed by atoms with Crippen molar-refractivity contribution in [3.63, 3.8) is 0 Å². The van der Waals surface area contributed by atoms with E-state index in [4.69, 9.17) is 16.0 Å². The first-order valence-electron chi connectivity index (χ1n) is 8.99. The number of rotatable bonds is 6. The quantitative estimate of drug-likeness (QED) is 0.829. The Balaban J connectivity index is 1.27. The minimum atomic E-state index is 0.141. The van der Waals surface area contributed by atoms with E-state index in [-0.39, 0.29) is 5.91 Å². The molecule has 1 saturated heterocycles. The molecular weight excluding hydrogens is 354 g/mol. The molecule has 2 heterocycles. The van der Waals surface area contributed by atoms with Gasteiger partial charge in [-0.1, -0.05) is 23.7 Å². The minimum absolute atomic E-state index is 0.141. The van der Waals surface area contributed by atoms with Crippen LogP contribution < -0.4 is 5.32 Å². The maximum Gasteiger partial charge on any atom is 0.249 e. The van der Waals surface area contributed by atoms with Crippen molar-refractivity contribution in [2.45, 2.75) is 25.4 Å². The molecule has 0 atom stereocenters. The van der Waals surface area contributed by atoms with Crippen molar-refractivity contribution in [1.29, 1.82) is 0 Å². The third-order valence-electron chi connectivity index (χ3n) is 4.70.